The van der Waals surface area contributed by atoms with Crippen LogP contribution in [0.3, 0.4) is 0 Å². The highest BCUT2D eigenvalue weighted by atomic mass is 32.1. The van der Waals surface area contributed by atoms with Gasteiger partial charge in [-0.2, -0.15) is 0 Å². The number of rotatable bonds is 7. The Morgan fingerprint density at radius 1 is 1.14 bits per heavy atom. The first kappa shape index (κ1) is 18.3. The van der Waals surface area contributed by atoms with E-state index in [2.05, 4.69) is 15.6 Å². The number of anilines is 2. The van der Waals surface area contributed by atoms with E-state index < -0.39 is 0 Å². The van der Waals surface area contributed by atoms with Gasteiger partial charge in [-0.05, 0) is 41.8 Å². The first-order chi connectivity index (χ1) is 13.7. The first-order valence-electron chi connectivity index (χ1n) is 8.99. The molecule has 2 heterocycles. The second kappa shape index (κ2) is 7.90. The molecular formula is C21H21N3O3S. The number of thiazole rings is 1. The molecule has 0 radical (unpaired) electrons. The third kappa shape index (κ3) is 3.80. The van der Waals surface area contributed by atoms with Crippen LogP contribution in [0.1, 0.15) is 11.1 Å². The van der Waals surface area contributed by atoms with Gasteiger partial charge < -0.3 is 20.1 Å². The van der Waals surface area contributed by atoms with Crippen molar-refractivity contribution in [2.75, 3.05) is 31.4 Å². The lowest BCUT2D eigenvalue weighted by molar-refractivity contribution is -0.115. The molecule has 1 aliphatic rings. The molecule has 3 aromatic rings. The van der Waals surface area contributed by atoms with Gasteiger partial charge >= 0.3 is 0 Å². The summed E-state index contributed by atoms with van der Waals surface area (Å²) in [6, 6.07) is 11.9. The SMILES string of the molecule is COc1ccc(CCNc2nc(-c3ccc4c(c3)CC(=O)N4)cs2)cc1OC. The van der Waals surface area contributed by atoms with Gasteiger partial charge in [0.1, 0.15) is 0 Å². The fourth-order valence-electron chi connectivity index (χ4n) is 3.23. The average molecular weight is 395 g/mol. The molecule has 0 unspecified atom stereocenters. The van der Waals surface area contributed by atoms with E-state index in [0.717, 1.165) is 57.7 Å². The summed E-state index contributed by atoms with van der Waals surface area (Å²) in [4.78, 5) is 16.2. The highest BCUT2D eigenvalue weighted by molar-refractivity contribution is 7.14. The number of carbonyl (C=O) groups is 1. The van der Waals surface area contributed by atoms with Crippen LogP contribution in [0.25, 0.3) is 11.3 Å². The van der Waals surface area contributed by atoms with E-state index in [4.69, 9.17) is 9.47 Å². The Bertz CT molecular complexity index is 1020. The van der Waals surface area contributed by atoms with E-state index in [0.29, 0.717) is 6.42 Å². The minimum absolute atomic E-state index is 0.0444. The van der Waals surface area contributed by atoms with Gasteiger partial charge in [0.05, 0.1) is 26.3 Å². The van der Waals surface area contributed by atoms with Crippen molar-refractivity contribution in [3.05, 3.63) is 52.9 Å². The first-order valence-corrected chi connectivity index (χ1v) is 9.87. The quantitative estimate of drug-likeness (QED) is 0.633. The predicted octanol–water partition coefficient (Wildman–Crippen LogP) is 3.98. The number of carbonyl (C=O) groups excluding carboxylic acids is 1. The van der Waals surface area contributed by atoms with Crippen LogP contribution in [0.4, 0.5) is 10.8 Å². The molecule has 2 aromatic carbocycles. The zero-order valence-corrected chi connectivity index (χ0v) is 16.6. The third-order valence-electron chi connectivity index (χ3n) is 4.67. The number of hydrogen-bond acceptors (Lipinski definition) is 6. The van der Waals surface area contributed by atoms with Gasteiger partial charge in [0, 0.05) is 23.2 Å². The number of ether oxygens (including phenoxy) is 2. The Kier molecular flexibility index (Phi) is 5.16. The van der Waals surface area contributed by atoms with Crippen molar-refractivity contribution in [3.8, 4) is 22.8 Å². The van der Waals surface area contributed by atoms with E-state index in [1.807, 2.05) is 41.8 Å². The summed E-state index contributed by atoms with van der Waals surface area (Å²) in [5.41, 5.74) is 5.04. The fraction of sp³-hybridized carbons (Fsp3) is 0.238. The van der Waals surface area contributed by atoms with Gasteiger partial charge in [-0.1, -0.05) is 12.1 Å². The molecule has 6 nitrogen and oxygen atoms in total. The maximum atomic E-state index is 11.5. The molecule has 28 heavy (non-hydrogen) atoms. The molecule has 7 heteroatoms. The Balaban J connectivity index is 1.38. The summed E-state index contributed by atoms with van der Waals surface area (Å²) < 4.78 is 10.6. The average Bonchev–Trinajstić information content (AvgIpc) is 3.32. The van der Waals surface area contributed by atoms with Crippen LogP contribution < -0.4 is 20.1 Å². The van der Waals surface area contributed by atoms with Gasteiger partial charge in [0.25, 0.3) is 0 Å². The molecule has 0 saturated heterocycles. The molecule has 0 atom stereocenters. The Morgan fingerprint density at radius 2 is 2.00 bits per heavy atom. The largest absolute Gasteiger partial charge is 0.493 e. The van der Waals surface area contributed by atoms with Crippen LogP contribution in [0.5, 0.6) is 11.5 Å². The van der Waals surface area contributed by atoms with Crippen LogP contribution in [0.15, 0.2) is 41.8 Å². The van der Waals surface area contributed by atoms with E-state index in [1.54, 1.807) is 25.6 Å². The van der Waals surface area contributed by atoms with Crippen LogP contribution >= 0.6 is 11.3 Å². The standard InChI is InChI=1S/C21H21N3O3S/c1-26-18-6-3-13(9-19(18)27-2)7-8-22-21-24-17(12-28-21)14-4-5-16-15(10-14)11-20(25)23-16/h3-6,9-10,12H,7-8,11H2,1-2H3,(H,22,24)(H,23,25). The monoisotopic (exact) mass is 395 g/mol. The van der Waals surface area contributed by atoms with Gasteiger partial charge in [0.15, 0.2) is 16.6 Å². The molecule has 0 spiro atoms. The van der Waals surface area contributed by atoms with Crippen LogP contribution in [-0.2, 0) is 17.6 Å². The van der Waals surface area contributed by atoms with Crippen molar-refractivity contribution >= 4 is 28.1 Å². The van der Waals surface area contributed by atoms with Gasteiger partial charge in [-0.15, -0.1) is 11.3 Å². The predicted molar refractivity (Wildman–Crippen MR) is 112 cm³/mol. The molecule has 1 aromatic heterocycles. The molecule has 0 aliphatic carbocycles. The molecule has 0 saturated carbocycles. The highest BCUT2D eigenvalue weighted by Crippen LogP contribution is 2.31. The minimum Gasteiger partial charge on any atom is -0.493 e. The number of nitrogens with one attached hydrogen (secondary N) is 2. The summed E-state index contributed by atoms with van der Waals surface area (Å²) in [6.07, 6.45) is 1.28. The van der Waals surface area contributed by atoms with Crippen LogP contribution in [-0.4, -0.2) is 31.7 Å². The normalized spacial score (nSPS) is 12.4. The maximum absolute atomic E-state index is 11.5. The second-order valence-electron chi connectivity index (χ2n) is 6.50. The topological polar surface area (TPSA) is 72.5 Å². The summed E-state index contributed by atoms with van der Waals surface area (Å²) in [7, 11) is 3.27. The Labute approximate surface area is 167 Å². The highest BCUT2D eigenvalue weighted by Gasteiger charge is 2.18. The molecule has 0 fully saturated rings. The summed E-state index contributed by atoms with van der Waals surface area (Å²) in [5, 5.41) is 9.14. The molecular weight excluding hydrogens is 374 g/mol. The Hall–Kier alpha value is -3.06. The molecule has 2 N–H and O–H groups in total. The number of aromatic nitrogens is 1. The number of methoxy groups -OCH3 is 2. The fourth-order valence-corrected chi connectivity index (χ4v) is 3.97. The Morgan fingerprint density at radius 3 is 2.82 bits per heavy atom. The van der Waals surface area contributed by atoms with Crippen LogP contribution in [0.2, 0.25) is 0 Å². The van der Waals surface area contributed by atoms with Gasteiger partial charge in [0.2, 0.25) is 5.91 Å². The van der Waals surface area contributed by atoms with Crippen LogP contribution in [0, 0.1) is 0 Å². The lowest BCUT2D eigenvalue weighted by atomic mass is 10.1. The minimum atomic E-state index is 0.0444. The summed E-state index contributed by atoms with van der Waals surface area (Å²) in [6.45, 7) is 0.769. The van der Waals surface area contributed by atoms with Crippen molar-refractivity contribution in [2.45, 2.75) is 12.8 Å². The maximum Gasteiger partial charge on any atom is 0.228 e. The van der Waals surface area contributed by atoms with Crippen molar-refractivity contribution in [1.82, 2.24) is 4.98 Å². The molecule has 144 valence electrons. The van der Waals surface area contributed by atoms with Crippen molar-refractivity contribution < 1.29 is 14.3 Å². The zero-order valence-electron chi connectivity index (χ0n) is 15.7. The number of amides is 1. The van der Waals surface area contributed by atoms with E-state index in [9.17, 15) is 4.79 Å². The van der Waals surface area contributed by atoms with E-state index in [-0.39, 0.29) is 5.91 Å². The molecule has 1 aliphatic heterocycles. The molecule has 0 bridgehead atoms. The third-order valence-corrected chi connectivity index (χ3v) is 5.47. The number of hydrogen-bond donors (Lipinski definition) is 2. The van der Waals surface area contributed by atoms with E-state index in [1.165, 1.54) is 0 Å². The molecule has 4 rings (SSSR count). The van der Waals surface area contributed by atoms with E-state index >= 15 is 0 Å². The summed E-state index contributed by atoms with van der Waals surface area (Å²) >= 11 is 1.58. The number of nitrogens with zero attached hydrogens (tertiary/aromatic N) is 1. The molecule has 1 amide bonds. The smallest absolute Gasteiger partial charge is 0.228 e. The number of fused-ring (bicyclic) bond motifs is 1. The lowest BCUT2D eigenvalue weighted by Crippen LogP contribution is -2.05. The van der Waals surface area contributed by atoms with Gasteiger partial charge in [-0.25, -0.2) is 4.98 Å². The number of benzene rings is 2. The summed E-state index contributed by atoms with van der Waals surface area (Å²) in [5.74, 6) is 1.51. The lowest BCUT2D eigenvalue weighted by Gasteiger charge is -2.09. The van der Waals surface area contributed by atoms with Crippen molar-refractivity contribution in [3.63, 3.8) is 0 Å². The van der Waals surface area contributed by atoms with Gasteiger partial charge in [-0.3, -0.25) is 4.79 Å². The van der Waals surface area contributed by atoms with Crippen molar-refractivity contribution in [1.29, 1.82) is 0 Å². The zero-order chi connectivity index (χ0) is 19.5. The van der Waals surface area contributed by atoms with Crippen molar-refractivity contribution in [2.24, 2.45) is 0 Å². The second-order valence-corrected chi connectivity index (χ2v) is 7.36.